The highest BCUT2D eigenvalue weighted by Crippen LogP contribution is 2.22. The van der Waals surface area contributed by atoms with Gasteiger partial charge in [-0.1, -0.05) is 12.1 Å². The van der Waals surface area contributed by atoms with Gasteiger partial charge >= 0.3 is 5.97 Å². The summed E-state index contributed by atoms with van der Waals surface area (Å²) in [5, 5.41) is 2.47. The zero-order chi connectivity index (χ0) is 20.3. The van der Waals surface area contributed by atoms with Gasteiger partial charge in [-0.3, -0.25) is 28.9 Å². The fraction of sp³-hybridized carbons (Fsp3) is 0.105. The molecule has 28 heavy (non-hydrogen) atoms. The molecule has 0 fully saturated rings. The van der Waals surface area contributed by atoms with Gasteiger partial charge in [0.1, 0.15) is 6.54 Å². The highest BCUT2D eigenvalue weighted by atomic mass is 16.5. The lowest BCUT2D eigenvalue weighted by molar-refractivity contribution is -0.147. The smallest absolute Gasteiger partial charge is 0.326 e. The second-order valence-electron chi connectivity index (χ2n) is 5.89. The first kappa shape index (κ1) is 18.8. The summed E-state index contributed by atoms with van der Waals surface area (Å²) in [6.45, 7) is -1.19. The SMILES string of the molecule is NC(=O)c1ccc(NC(=O)COC(=O)CN2C(=O)c3ccccc3C2=O)cc1. The molecule has 2 aromatic carbocycles. The van der Waals surface area contributed by atoms with Crippen molar-refractivity contribution in [1.29, 1.82) is 0 Å². The van der Waals surface area contributed by atoms with Gasteiger partial charge in [-0.25, -0.2) is 0 Å². The molecule has 0 unspecified atom stereocenters. The molecule has 9 heteroatoms. The van der Waals surface area contributed by atoms with Crippen molar-refractivity contribution >= 4 is 35.3 Å². The predicted octanol–water partition coefficient (Wildman–Crippen LogP) is 0.563. The number of imide groups is 1. The molecule has 0 aliphatic carbocycles. The molecule has 3 N–H and O–H groups in total. The monoisotopic (exact) mass is 381 g/mol. The van der Waals surface area contributed by atoms with E-state index in [-0.39, 0.29) is 16.7 Å². The Morgan fingerprint density at radius 2 is 1.50 bits per heavy atom. The van der Waals surface area contributed by atoms with Crippen molar-refractivity contribution in [3.63, 3.8) is 0 Å². The number of hydrogen-bond acceptors (Lipinski definition) is 6. The second kappa shape index (κ2) is 7.70. The number of amides is 4. The van der Waals surface area contributed by atoms with E-state index in [4.69, 9.17) is 10.5 Å². The number of hydrogen-bond donors (Lipinski definition) is 2. The zero-order valence-corrected chi connectivity index (χ0v) is 14.5. The molecule has 1 aliphatic rings. The normalized spacial score (nSPS) is 12.5. The van der Waals surface area contributed by atoms with Crippen LogP contribution in [0.5, 0.6) is 0 Å². The Bertz CT molecular complexity index is 948. The number of rotatable bonds is 6. The summed E-state index contributed by atoms with van der Waals surface area (Å²) in [6, 6.07) is 12.0. The maximum absolute atomic E-state index is 12.2. The van der Waals surface area contributed by atoms with E-state index in [1.54, 1.807) is 12.1 Å². The average molecular weight is 381 g/mol. The van der Waals surface area contributed by atoms with E-state index in [9.17, 15) is 24.0 Å². The van der Waals surface area contributed by atoms with E-state index in [1.807, 2.05) is 0 Å². The maximum atomic E-state index is 12.2. The van der Waals surface area contributed by atoms with Crippen LogP contribution in [-0.2, 0) is 14.3 Å². The summed E-state index contributed by atoms with van der Waals surface area (Å²) in [5.41, 5.74) is 6.23. The number of fused-ring (bicyclic) bond motifs is 1. The van der Waals surface area contributed by atoms with E-state index in [0.29, 0.717) is 5.69 Å². The van der Waals surface area contributed by atoms with E-state index < -0.39 is 42.7 Å². The first-order valence-corrected chi connectivity index (χ1v) is 8.17. The molecule has 1 heterocycles. The Morgan fingerprint density at radius 3 is 2.04 bits per heavy atom. The number of carbonyl (C=O) groups excluding carboxylic acids is 5. The third-order valence-corrected chi connectivity index (χ3v) is 3.98. The van der Waals surface area contributed by atoms with Crippen LogP contribution in [0.25, 0.3) is 0 Å². The fourth-order valence-corrected chi connectivity index (χ4v) is 2.62. The van der Waals surface area contributed by atoms with E-state index >= 15 is 0 Å². The Kier molecular flexibility index (Phi) is 5.16. The van der Waals surface area contributed by atoms with Gasteiger partial charge in [0, 0.05) is 11.3 Å². The number of nitrogens with one attached hydrogen (secondary N) is 1. The highest BCUT2D eigenvalue weighted by molar-refractivity contribution is 6.22. The summed E-state index contributed by atoms with van der Waals surface area (Å²) in [5.74, 6) is -3.29. The number of anilines is 1. The van der Waals surface area contributed by atoms with Crippen molar-refractivity contribution in [1.82, 2.24) is 4.90 Å². The number of nitrogens with two attached hydrogens (primary N) is 1. The van der Waals surface area contributed by atoms with Gasteiger partial charge in [-0.15, -0.1) is 0 Å². The zero-order valence-electron chi connectivity index (χ0n) is 14.5. The third-order valence-electron chi connectivity index (χ3n) is 3.98. The molecule has 1 aliphatic heterocycles. The quantitative estimate of drug-likeness (QED) is 0.554. The van der Waals surface area contributed by atoms with Crippen LogP contribution in [0.3, 0.4) is 0 Å². The van der Waals surface area contributed by atoms with Crippen molar-refractivity contribution in [2.75, 3.05) is 18.5 Å². The van der Waals surface area contributed by atoms with Gasteiger partial charge < -0.3 is 15.8 Å². The largest absolute Gasteiger partial charge is 0.454 e. The highest BCUT2D eigenvalue weighted by Gasteiger charge is 2.36. The minimum absolute atomic E-state index is 0.220. The number of benzene rings is 2. The van der Waals surface area contributed by atoms with Crippen molar-refractivity contribution in [3.05, 3.63) is 65.2 Å². The number of ether oxygens (including phenoxy) is 1. The predicted molar refractivity (Wildman–Crippen MR) is 96.4 cm³/mol. The molecular weight excluding hydrogens is 366 g/mol. The van der Waals surface area contributed by atoms with E-state index in [2.05, 4.69) is 5.32 Å². The lowest BCUT2D eigenvalue weighted by atomic mass is 10.1. The first-order chi connectivity index (χ1) is 13.4. The average Bonchev–Trinajstić information content (AvgIpc) is 2.92. The first-order valence-electron chi connectivity index (χ1n) is 8.17. The summed E-state index contributed by atoms with van der Waals surface area (Å²) in [6.07, 6.45) is 0. The van der Waals surface area contributed by atoms with E-state index in [1.165, 1.54) is 36.4 Å². The molecular formula is C19H15N3O6. The number of nitrogens with zero attached hydrogens (tertiary/aromatic N) is 1. The van der Waals surface area contributed by atoms with E-state index in [0.717, 1.165) is 4.90 Å². The standard InChI is InChI=1S/C19H15N3O6/c20-17(25)11-5-7-12(8-6-11)21-15(23)10-28-16(24)9-22-18(26)13-3-1-2-4-14(13)19(22)27/h1-8H,9-10H2,(H2,20,25)(H,21,23). The Balaban J connectivity index is 1.50. The molecule has 3 rings (SSSR count). The molecule has 0 atom stereocenters. The third kappa shape index (κ3) is 3.88. The molecule has 0 spiro atoms. The van der Waals surface area contributed by atoms with Crippen molar-refractivity contribution in [2.24, 2.45) is 5.73 Å². The molecule has 0 aromatic heterocycles. The van der Waals surface area contributed by atoms with Gasteiger partial charge in [0.2, 0.25) is 5.91 Å². The Labute approximate surface area is 159 Å². The van der Waals surface area contributed by atoms with Crippen molar-refractivity contribution in [2.45, 2.75) is 0 Å². The van der Waals surface area contributed by atoms with Crippen molar-refractivity contribution < 1.29 is 28.7 Å². The van der Waals surface area contributed by atoms with Gasteiger partial charge in [-0.2, -0.15) is 0 Å². The van der Waals surface area contributed by atoms with Gasteiger partial charge in [-0.05, 0) is 36.4 Å². The molecule has 0 bridgehead atoms. The second-order valence-corrected chi connectivity index (χ2v) is 5.89. The minimum Gasteiger partial charge on any atom is -0.454 e. The molecule has 142 valence electrons. The molecule has 9 nitrogen and oxygen atoms in total. The van der Waals surface area contributed by atoms with Gasteiger partial charge in [0.25, 0.3) is 17.7 Å². The Morgan fingerprint density at radius 1 is 0.929 bits per heavy atom. The molecule has 0 saturated heterocycles. The minimum atomic E-state index is -0.895. The maximum Gasteiger partial charge on any atom is 0.326 e. The van der Waals surface area contributed by atoms with Crippen LogP contribution in [-0.4, -0.2) is 47.6 Å². The lowest BCUT2D eigenvalue weighted by Crippen LogP contribution is -2.36. The summed E-state index contributed by atoms with van der Waals surface area (Å²) < 4.78 is 4.82. The van der Waals surface area contributed by atoms with Crippen LogP contribution in [0.2, 0.25) is 0 Å². The summed E-state index contributed by atoms with van der Waals surface area (Å²) >= 11 is 0. The number of esters is 1. The van der Waals surface area contributed by atoms with Gasteiger partial charge in [0.05, 0.1) is 11.1 Å². The van der Waals surface area contributed by atoms with Crippen LogP contribution < -0.4 is 11.1 Å². The van der Waals surface area contributed by atoms with Crippen molar-refractivity contribution in [3.8, 4) is 0 Å². The summed E-state index contributed by atoms with van der Waals surface area (Å²) in [7, 11) is 0. The molecule has 0 saturated carbocycles. The van der Waals surface area contributed by atoms with Crippen LogP contribution >= 0.6 is 0 Å². The fourth-order valence-electron chi connectivity index (χ4n) is 2.62. The summed E-state index contributed by atoms with van der Waals surface area (Å²) in [4.78, 5) is 59.9. The van der Waals surface area contributed by atoms with Crippen LogP contribution in [0.1, 0.15) is 31.1 Å². The van der Waals surface area contributed by atoms with Crippen LogP contribution in [0, 0.1) is 0 Å². The topological polar surface area (TPSA) is 136 Å². The number of carbonyl (C=O) groups is 5. The Hall–Kier alpha value is -4.01. The molecule has 2 aromatic rings. The van der Waals surface area contributed by atoms with Crippen LogP contribution in [0.4, 0.5) is 5.69 Å². The molecule has 4 amide bonds. The molecule has 0 radical (unpaired) electrons. The lowest BCUT2D eigenvalue weighted by Gasteiger charge is -2.13. The van der Waals surface area contributed by atoms with Gasteiger partial charge in [0.15, 0.2) is 6.61 Å². The number of primary amides is 1. The van der Waals surface area contributed by atoms with Crippen LogP contribution in [0.15, 0.2) is 48.5 Å².